The van der Waals surface area contributed by atoms with Gasteiger partial charge in [0.15, 0.2) is 6.61 Å². The molecule has 0 aliphatic heterocycles. The number of nitrogens with one attached hydrogen (secondary N) is 3. The number of anilines is 1. The first-order chi connectivity index (χ1) is 12.6. The third kappa shape index (κ3) is 9.24. The van der Waals surface area contributed by atoms with Crippen LogP contribution in [0.2, 0.25) is 0 Å². The maximum atomic E-state index is 12.0. The van der Waals surface area contributed by atoms with Crippen molar-refractivity contribution in [3.8, 4) is 0 Å². The summed E-state index contributed by atoms with van der Waals surface area (Å²) in [6.07, 6.45) is 0.0649. The fourth-order valence-corrected chi connectivity index (χ4v) is 1.81. The van der Waals surface area contributed by atoms with E-state index in [4.69, 9.17) is 9.47 Å². The molecule has 4 amide bonds. The van der Waals surface area contributed by atoms with Crippen molar-refractivity contribution < 1.29 is 28.7 Å². The van der Waals surface area contributed by atoms with Crippen LogP contribution in [0.3, 0.4) is 0 Å². The van der Waals surface area contributed by atoms with Gasteiger partial charge in [-0.3, -0.25) is 15.4 Å². The number of urea groups is 1. The molecular formula is C18H25N3O6. The highest BCUT2D eigenvalue weighted by Crippen LogP contribution is 2.14. The van der Waals surface area contributed by atoms with Gasteiger partial charge in [-0.15, -0.1) is 0 Å². The molecule has 9 heteroatoms. The molecule has 0 saturated carbocycles. The molecule has 9 nitrogen and oxygen atoms in total. The molecule has 148 valence electrons. The Labute approximate surface area is 157 Å². The lowest BCUT2D eigenvalue weighted by atomic mass is 10.2. The van der Waals surface area contributed by atoms with E-state index >= 15 is 0 Å². The highest BCUT2D eigenvalue weighted by atomic mass is 16.6. The fourth-order valence-electron chi connectivity index (χ4n) is 1.81. The molecular weight excluding hydrogens is 354 g/mol. The van der Waals surface area contributed by atoms with Gasteiger partial charge in [-0.1, -0.05) is 13.0 Å². The molecule has 1 aromatic rings. The second-order valence-electron chi connectivity index (χ2n) is 6.59. The Balaban J connectivity index is 2.55. The van der Waals surface area contributed by atoms with Gasteiger partial charge < -0.3 is 14.8 Å². The molecule has 1 rings (SSSR count). The third-order valence-corrected chi connectivity index (χ3v) is 2.87. The topological polar surface area (TPSA) is 123 Å². The fraction of sp³-hybridized carbons (Fsp3) is 0.444. The maximum absolute atomic E-state index is 12.0. The number of ether oxygens (including phenoxy) is 2. The third-order valence-electron chi connectivity index (χ3n) is 2.87. The monoisotopic (exact) mass is 379 g/mol. The number of hydrogen-bond donors (Lipinski definition) is 3. The van der Waals surface area contributed by atoms with Gasteiger partial charge in [0.05, 0.1) is 5.56 Å². The van der Waals surface area contributed by atoms with E-state index in [1.54, 1.807) is 32.9 Å². The Kier molecular flexibility index (Phi) is 8.25. The van der Waals surface area contributed by atoms with E-state index in [0.717, 1.165) is 6.42 Å². The highest BCUT2D eigenvalue weighted by molar-refractivity contribution is 5.97. The van der Waals surface area contributed by atoms with Gasteiger partial charge in [0.25, 0.3) is 5.91 Å². The van der Waals surface area contributed by atoms with Crippen molar-refractivity contribution in [2.45, 2.75) is 39.7 Å². The second-order valence-corrected chi connectivity index (χ2v) is 6.59. The van der Waals surface area contributed by atoms with Crippen molar-refractivity contribution in [2.24, 2.45) is 0 Å². The predicted octanol–water partition coefficient (Wildman–Crippen LogP) is 2.43. The number of benzene rings is 1. The van der Waals surface area contributed by atoms with Crippen molar-refractivity contribution >= 4 is 29.7 Å². The summed E-state index contributed by atoms with van der Waals surface area (Å²) in [4.78, 5) is 46.7. The van der Waals surface area contributed by atoms with Crippen LogP contribution >= 0.6 is 0 Å². The lowest BCUT2D eigenvalue weighted by molar-refractivity contribution is -0.123. The molecule has 0 bridgehead atoms. The van der Waals surface area contributed by atoms with Crippen LogP contribution in [0.15, 0.2) is 24.3 Å². The molecule has 0 unspecified atom stereocenters. The minimum atomic E-state index is -0.771. The molecule has 0 radical (unpaired) electrons. The molecule has 0 saturated heterocycles. The second kappa shape index (κ2) is 10.1. The Hall–Kier alpha value is -3.10. The minimum absolute atomic E-state index is 0.131. The van der Waals surface area contributed by atoms with Gasteiger partial charge >= 0.3 is 18.1 Å². The number of imide groups is 1. The normalized spacial score (nSPS) is 10.5. The largest absolute Gasteiger partial charge is 0.452 e. The smallest absolute Gasteiger partial charge is 0.412 e. The SMILES string of the molecule is CCCNC(=O)NC(=O)COC(=O)c1cccc(NC(=O)OC(C)(C)C)c1. The van der Waals surface area contributed by atoms with Crippen LogP contribution in [-0.2, 0) is 14.3 Å². The molecule has 0 fully saturated rings. The van der Waals surface area contributed by atoms with Crippen LogP contribution in [0.1, 0.15) is 44.5 Å². The Bertz CT molecular complexity index is 697. The first-order valence-electron chi connectivity index (χ1n) is 8.45. The standard InChI is InChI=1S/C18H25N3O6/c1-5-9-19-16(24)21-14(22)11-26-15(23)12-7-6-8-13(10-12)20-17(25)27-18(2,3)4/h6-8,10H,5,9,11H2,1-4H3,(H,20,25)(H2,19,21,22,24). The zero-order valence-electron chi connectivity index (χ0n) is 15.9. The number of carbonyl (C=O) groups is 4. The summed E-state index contributed by atoms with van der Waals surface area (Å²) in [6.45, 7) is 6.88. The Morgan fingerprint density at radius 1 is 1.11 bits per heavy atom. The van der Waals surface area contributed by atoms with Gasteiger partial charge in [0.2, 0.25) is 0 Å². The van der Waals surface area contributed by atoms with Gasteiger partial charge in [-0.25, -0.2) is 14.4 Å². The van der Waals surface area contributed by atoms with E-state index < -0.39 is 36.2 Å². The molecule has 0 aliphatic carbocycles. The van der Waals surface area contributed by atoms with Gasteiger partial charge in [0, 0.05) is 12.2 Å². The molecule has 0 spiro atoms. The summed E-state index contributed by atoms with van der Waals surface area (Å²) in [5.74, 6) is -1.52. The van der Waals surface area contributed by atoms with Crippen LogP contribution in [0.25, 0.3) is 0 Å². The van der Waals surface area contributed by atoms with Crippen molar-refractivity contribution in [1.29, 1.82) is 0 Å². The van der Waals surface area contributed by atoms with E-state index in [2.05, 4.69) is 10.6 Å². The summed E-state index contributed by atoms with van der Waals surface area (Å²) in [7, 11) is 0. The molecule has 0 aromatic heterocycles. The van der Waals surface area contributed by atoms with Crippen LogP contribution < -0.4 is 16.0 Å². The van der Waals surface area contributed by atoms with Gasteiger partial charge in [-0.2, -0.15) is 0 Å². The molecule has 0 aliphatic rings. The van der Waals surface area contributed by atoms with Gasteiger partial charge in [-0.05, 0) is 45.4 Å². The lowest BCUT2D eigenvalue weighted by Crippen LogP contribution is -2.41. The molecule has 1 aromatic carbocycles. The van der Waals surface area contributed by atoms with Crippen LogP contribution in [-0.4, -0.2) is 42.8 Å². The summed E-state index contributed by atoms with van der Waals surface area (Å²) in [6, 6.07) is 5.32. The summed E-state index contributed by atoms with van der Waals surface area (Å²) < 4.78 is 9.99. The van der Waals surface area contributed by atoms with E-state index in [9.17, 15) is 19.2 Å². The number of esters is 1. The van der Waals surface area contributed by atoms with E-state index in [1.807, 2.05) is 12.2 Å². The molecule has 0 heterocycles. The van der Waals surface area contributed by atoms with Crippen LogP contribution in [0, 0.1) is 0 Å². The zero-order valence-corrected chi connectivity index (χ0v) is 15.9. The minimum Gasteiger partial charge on any atom is -0.452 e. The average molecular weight is 379 g/mol. The van der Waals surface area contributed by atoms with E-state index in [1.165, 1.54) is 12.1 Å². The van der Waals surface area contributed by atoms with Crippen molar-refractivity contribution in [3.05, 3.63) is 29.8 Å². The van der Waals surface area contributed by atoms with Crippen molar-refractivity contribution in [1.82, 2.24) is 10.6 Å². The van der Waals surface area contributed by atoms with Gasteiger partial charge in [0.1, 0.15) is 5.60 Å². The number of rotatable bonds is 6. The lowest BCUT2D eigenvalue weighted by Gasteiger charge is -2.19. The zero-order chi connectivity index (χ0) is 20.4. The van der Waals surface area contributed by atoms with Crippen LogP contribution in [0.4, 0.5) is 15.3 Å². The molecule has 0 atom stereocenters. The maximum Gasteiger partial charge on any atom is 0.412 e. The summed E-state index contributed by atoms with van der Waals surface area (Å²) >= 11 is 0. The quantitative estimate of drug-likeness (QED) is 0.652. The Morgan fingerprint density at radius 2 is 1.81 bits per heavy atom. The number of amides is 4. The predicted molar refractivity (Wildman–Crippen MR) is 98.4 cm³/mol. The van der Waals surface area contributed by atoms with E-state index in [-0.39, 0.29) is 5.56 Å². The van der Waals surface area contributed by atoms with Crippen molar-refractivity contribution in [3.63, 3.8) is 0 Å². The average Bonchev–Trinajstić information content (AvgIpc) is 2.56. The highest BCUT2D eigenvalue weighted by Gasteiger charge is 2.17. The summed E-state index contributed by atoms with van der Waals surface area (Å²) in [5, 5.41) is 7.00. The first-order valence-corrected chi connectivity index (χ1v) is 8.45. The Morgan fingerprint density at radius 3 is 2.44 bits per heavy atom. The summed E-state index contributed by atoms with van der Waals surface area (Å²) in [5.41, 5.74) is -0.189. The van der Waals surface area contributed by atoms with Crippen molar-refractivity contribution in [2.75, 3.05) is 18.5 Å². The van der Waals surface area contributed by atoms with E-state index in [0.29, 0.717) is 12.2 Å². The first kappa shape index (κ1) is 21.9. The molecule has 3 N–H and O–H groups in total. The number of carbonyl (C=O) groups excluding carboxylic acids is 4. The van der Waals surface area contributed by atoms with Crippen LogP contribution in [0.5, 0.6) is 0 Å². The number of hydrogen-bond acceptors (Lipinski definition) is 6. The molecule has 27 heavy (non-hydrogen) atoms.